The number of carbonyl (C=O) groups is 1. The van der Waals surface area contributed by atoms with E-state index >= 15 is 0 Å². The van der Waals surface area contributed by atoms with E-state index in [9.17, 15) is 13.6 Å². The number of carbonyl (C=O) groups excluding carboxylic acids is 1. The minimum atomic E-state index is -1.32. The maximum atomic E-state index is 13.2. The van der Waals surface area contributed by atoms with Gasteiger partial charge in [-0.25, -0.2) is 13.6 Å². The summed E-state index contributed by atoms with van der Waals surface area (Å²) < 4.78 is 30.7. The van der Waals surface area contributed by atoms with E-state index in [1.807, 2.05) is 0 Å². The monoisotopic (exact) mass is 253 g/mol. The Labute approximate surface area is 104 Å². The molecule has 0 radical (unpaired) electrons. The summed E-state index contributed by atoms with van der Waals surface area (Å²) in [4.78, 5) is 11.8. The molecule has 0 aromatic heterocycles. The molecule has 0 aliphatic carbocycles. The number of rotatable bonds is 4. The van der Waals surface area contributed by atoms with Gasteiger partial charge in [0, 0.05) is 0 Å². The molecule has 0 aliphatic rings. The molecule has 1 aromatic carbocycles. The van der Waals surface area contributed by atoms with Gasteiger partial charge in [-0.1, -0.05) is 12.0 Å². The van der Waals surface area contributed by atoms with Gasteiger partial charge in [0.1, 0.15) is 5.54 Å². The highest BCUT2D eigenvalue weighted by molar-refractivity contribution is 5.82. The third-order valence-electron chi connectivity index (χ3n) is 2.63. The van der Waals surface area contributed by atoms with Gasteiger partial charge in [-0.15, -0.1) is 6.42 Å². The molecule has 1 unspecified atom stereocenters. The number of ether oxygens (including phenoxy) is 1. The lowest BCUT2D eigenvalue weighted by atomic mass is 9.91. The van der Waals surface area contributed by atoms with Crippen LogP contribution in [0.1, 0.15) is 12.5 Å². The topological polar surface area (TPSA) is 38.3 Å². The van der Waals surface area contributed by atoms with Gasteiger partial charge < -0.3 is 4.74 Å². The van der Waals surface area contributed by atoms with E-state index < -0.39 is 23.1 Å². The summed E-state index contributed by atoms with van der Waals surface area (Å²) in [5.41, 5.74) is -1.08. The quantitative estimate of drug-likeness (QED) is 0.654. The van der Waals surface area contributed by atoms with Crippen molar-refractivity contribution in [3.63, 3.8) is 0 Å². The Bertz CT molecular complexity index is 496. The van der Waals surface area contributed by atoms with Gasteiger partial charge in [0.2, 0.25) is 0 Å². The Balaban J connectivity index is 3.21. The number of terminal acetylenes is 1. The van der Waals surface area contributed by atoms with Gasteiger partial charge in [0.25, 0.3) is 0 Å². The molecule has 1 rings (SSSR count). The van der Waals surface area contributed by atoms with Crippen LogP contribution in [-0.4, -0.2) is 19.6 Å². The number of methoxy groups -OCH3 is 1. The molecule has 0 bridgehead atoms. The standard InChI is InChI=1S/C13H13F2NO2/c1-4-7-16-13(2,12(17)18-3)9-5-6-10(14)11(15)8-9/h1,5-6,8,16H,7H2,2-3H3. The first-order valence-corrected chi connectivity index (χ1v) is 5.18. The van der Waals surface area contributed by atoms with Gasteiger partial charge in [-0.3, -0.25) is 5.32 Å². The van der Waals surface area contributed by atoms with Gasteiger partial charge >= 0.3 is 5.97 Å². The molecule has 0 amide bonds. The SMILES string of the molecule is C#CCNC(C)(C(=O)OC)c1ccc(F)c(F)c1. The second kappa shape index (κ2) is 5.61. The molecule has 1 N–H and O–H groups in total. The molecule has 0 spiro atoms. The van der Waals surface area contributed by atoms with E-state index in [1.54, 1.807) is 0 Å². The van der Waals surface area contributed by atoms with Crippen molar-refractivity contribution in [2.75, 3.05) is 13.7 Å². The molecule has 0 aliphatic heterocycles. The lowest BCUT2D eigenvalue weighted by Crippen LogP contribution is -2.47. The van der Waals surface area contributed by atoms with Gasteiger partial charge in [-0.05, 0) is 24.6 Å². The molecule has 0 heterocycles. The Morgan fingerprint density at radius 1 is 1.50 bits per heavy atom. The van der Waals surface area contributed by atoms with Crippen LogP contribution in [0.25, 0.3) is 0 Å². The lowest BCUT2D eigenvalue weighted by Gasteiger charge is -2.27. The van der Waals surface area contributed by atoms with Gasteiger partial charge in [-0.2, -0.15) is 0 Å². The lowest BCUT2D eigenvalue weighted by molar-refractivity contribution is -0.148. The van der Waals surface area contributed by atoms with E-state index in [2.05, 4.69) is 16.0 Å². The first kappa shape index (κ1) is 14.1. The number of hydrogen-bond acceptors (Lipinski definition) is 3. The van der Waals surface area contributed by atoms with Gasteiger partial charge in [0.05, 0.1) is 13.7 Å². The molecule has 18 heavy (non-hydrogen) atoms. The number of nitrogens with one attached hydrogen (secondary N) is 1. The predicted molar refractivity (Wildman–Crippen MR) is 62.6 cm³/mol. The van der Waals surface area contributed by atoms with Crippen LogP contribution >= 0.6 is 0 Å². The molecule has 0 saturated heterocycles. The maximum absolute atomic E-state index is 13.2. The van der Waals surface area contributed by atoms with Crippen LogP contribution in [0, 0.1) is 24.0 Å². The van der Waals surface area contributed by atoms with Crippen molar-refractivity contribution in [3.05, 3.63) is 35.4 Å². The smallest absolute Gasteiger partial charge is 0.330 e. The summed E-state index contributed by atoms with van der Waals surface area (Å²) >= 11 is 0. The molecule has 0 fully saturated rings. The largest absolute Gasteiger partial charge is 0.467 e. The van der Waals surface area contributed by atoms with Crippen LogP contribution < -0.4 is 5.32 Å². The zero-order valence-electron chi connectivity index (χ0n) is 10.1. The molecule has 96 valence electrons. The average Bonchev–Trinajstić information content (AvgIpc) is 2.38. The van der Waals surface area contributed by atoms with E-state index in [0.717, 1.165) is 12.1 Å². The first-order chi connectivity index (χ1) is 8.45. The van der Waals surface area contributed by atoms with E-state index in [1.165, 1.54) is 20.1 Å². The zero-order chi connectivity index (χ0) is 13.8. The average molecular weight is 253 g/mol. The number of esters is 1. The zero-order valence-corrected chi connectivity index (χ0v) is 10.1. The fraction of sp³-hybridized carbons (Fsp3) is 0.308. The summed E-state index contributed by atoms with van der Waals surface area (Å²) in [5.74, 6) is -0.344. The molecule has 1 aromatic rings. The highest BCUT2D eigenvalue weighted by atomic mass is 19.2. The predicted octanol–water partition coefficient (Wildman–Crippen LogP) is 1.58. The molecule has 3 nitrogen and oxygen atoms in total. The molecular weight excluding hydrogens is 240 g/mol. The van der Waals surface area contributed by atoms with Crippen LogP contribution in [0.2, 0.25) is 0 Å². The Kier molecular flexibility index (Phi) is 4.40. The highest BCUT2D eigenvalue weighted by Crippen LogP contribution is 2.24. The van der Waals surface area contributed by atoms with Crippen LogP contribution in [0.5, 0.6) is 0 Å². The highest BCUT2D eigenvalue weighted by Gasteiger charge is 2.36. The second-order valence-corrected chi connectivity index (χ2v) is 3.80. The Hall–Kier alpha value is -1.93. The van der Waals surface area contributed by atoms with E-state index in [0.29, 0.717) is 0 Å². The van der Waals surface area contributed by atoms with Crippen LogP contribution in [-0.2, 0) is 15.1 Å². The second-order valence-electron chi connectivity index (χ2n) is 3.80. The van der Waals surface area contributed by atoms with Crippen molar-refractivity contribution in [1.29, 1.82) is 0 Å². The fourth-order valence-electron chi connectivity index (χ4n) is 1.53. The van der Waals surface area contributed by atoms with Gasteiger partial charge in [0.15, 0.2) is 11.6 Å². The van der Waals surface area contributed by atoms with Crippen molar-refractivity contribution in [2.24, 2.45) is 0 Å². The minimum absolute atomic E-state index is 0.0879. The van der Waals surface area contributed by atoms with Crippen molar-refractivity contribution in [3.8, 4) is 12.3 Å². The van der Waals surface area contributed by atoms with E-state index in [-0.39, 0.29) is 12.1 Å². The normalized spacial score (nSPS) is 13.5. The van der Waals surface area contributed by atoms with Crippen molar-refractivity contribution >= 4 is 5.97 Å². The summed E-state index contributed by atoms with van der Waals surface area (Å²) in [5, 5.41) is 2.76. The summed E-state index contributed by atoms with van der Waals surface area (Å²) in [7, 11) is 1.21. The summed E-state index contributed by atoms with van der Waals surface area (Å²) in [6, 6.07) is 3.19. The first-order valence-electron chi connectivity index (χ1n) is 5.18. The number of benzene rings is 1. The van der Waals surface area contributed by atoms with Crippen LogP contribution in [0.3, 0.4) is 0 Å². The third-order valence-corrected chi connectivity index (χ3v) is 2.63. The number of halogens is 2. The third kappa shape index (κ3) is 2.66. The Morgan fingerprint density at radius 2 is 2.17 bits per heavy atom. The maximum Gasteiger partial charge on any atom is 0.330 e. The van der Waals surface area contributed by atoms with Crippen LogP contribution in [0.4, 0.5) is 8.78 Å². The molecular formula is C13H13F2NO2. The van der Waals surface area contributed by atoms with Crippen molar-refractivity contribution in [1.82, 2.24) is 5.32 Å². The van der Waals surface area contributed by atoms with E-state index in [4.69, 9.17) is 6.42 Å². The molecule has 0 saturated carbocycles. The summed E-state index contributed by atoms with van der Waals surface area (Å²) in [6.45, 7) is 1.58. The van der Waals surface area contributed by atoms with Crippen LogP contribution in [0.15, 0.2) is 18.2 Å². The minimum Gasteiger partial charge on any atom is -0.467 e. The van der Waals surface area contributed by atoms with Crippen molar-refractivity contribution in [2.45, 2.75) is 12.5 Å². The molecule has 1 atom stereocenters. The number of hydrogen-bond donors (Lipinski definition) is 1. The van der Waals surface area contributed by atoms with Crippen molar-refractivity contribution < 1.29 is 18.3 Å². The Morgan fingerprint density at radius 3 is 2.67 bits per heavy atom. The molecule has 5 heteroatoms. The summed E-state index contributed by atoms with van der Waals surface area (Å²) in [6.07, 6.45) is 5.11. The fourth-order valence-corrected chi connectivity index (χ4v) is 1.53.